The highest BCUT2D eigenvalue weighted by Crippen LogP contribution is 2.32. The van der Waals surface area contributed by atoms with Crippen LogP contribution in [0.1, 0.15) is 38.8 Å². The molecule has 1 unspecified atom stereocenters. The van der Waals surface area contributed by atoms with Gasteiger partial charge in [-0.15, -0.1) is 0 Å². The van der Waals surface area contributed by atoms with Crippen molar-refractivity contribution in [2.24, 2.45) is 0 Å². The molecule has 3 heteroatoms. The number of hydrogen-bond donors (Lipinski definition) is 0. The fourth-order valence-corrected chi connectivity index (χ4v) is 4.80. The average molecular weight is 465 g/mol. The summed E-state index contributed by atoms with van der Waals surface area (Å²) in [5.41, 5.74) is 7.09. The molecule has 6 aromatic rings. The van der Waals surface area contributed by atoms with Crippen LogP contribution in [-0.2, 0) is 0 Å². The summed E-state index contributed by atoms with van der Waals surface area (Å²) in [6.45, 7) is 0. The summed E-state index contributed by atoms with van der Waals surface area (Å²) >= 11 is 0. The number of benzene rings is 4. The maximum absolute atomic E-state index is 11.5. The molecule has 0 N–H and O–H groups in total. The standard InChI is InChI=1S/C33H24N2O/c36-23-25-13-15-27-19-20-35(32(27)22-25)33(28-9-2-1-3-10-28)29-11-6-7-24(21-29)14-17-30-18-16-26-8-4-5-12-31(26)34-30/h1-23,33H/b17-14+. The second-order valence-electron chi connectivity index (χ2n) is 8.90. The number of aromatic nitrogens is 2. The fourth-order valence-electron chi connectivity index (χ4n) is 4.80. The zero-order valence-electron chi connectivity index (χ0n) is 19.7. The Kier molecular flexibility index (Phi) is 5.72. The van der Waals surface area contributed by atoms with Crippen molar-refractivity contribution in [3.63, 3.8) is 0 Å². The highest BCUT2D eigenvalue weighted by atomic mass is 16.1. The topological polar surface area (TPSA) is 34.9 Å². The Balaban J connectivity index is 1.41. The van der Waals surface area contributed by atoms with Gasteiger partial charge in [0.1, 0.15) is 6.29 Å². The van der Waals surface area contributed by atoms with Gasteiger partial charge in [-0.2, -0.15) is 0 Å². The number of hydrogen-bond acceptors (Lipinski definition) is 2. The van der Waals surface area contributed by atoms with Crippen LogP contribution < -0.4 is 0 Å². The van der Waals surface area contributed by atoms with E-state index in [1.165, 1.54) is 11.1 Å². The molecular weight excluding hydrogens is 440 g/mol. The summed E-state index contributed by atoms with van der Waals surface area (Å²) in [6.07, 6.45) is 7.18. The maximum Gasteiger partial charge on any atom is 0.150 e. The van der Waals surface area contributed by atoms with Gasteiger partial charge in [0.25, 0.3) is 0 Å². The van der Waals surface area contributed by atoms with E-state index in [0.717, 1.165) is 39.3 Å². The second-order valence-corrected chi connectivity index (χ2v) is 8.90. The highest BCUT2D eigenvalue weighted by molar-refractivity contribution is 5.88. The van der Waals surface area contributed by atoms with Crippen LogP contribution >= 0.6 is 0 Å². The van der Waals surface area contributed by atoms with Gasteiger partial charge in [0.05, 0.1) is 17.3 Å². The van der Waals surface area contributed by atoms with E-state index in [0.29, 0.717) is 5.56 Å². The van der Waals surface area contributed by atoms with Gasteiger partial charge in [-0.05, 0) is 58.5 Å². The third-order valence-corrected chi connectivity index (χ3v) is 6.57. The van der Waals surface area contributed by atoms with Crippen LogP contribution in [-0.4, -0.2) is 15.8 Å². The Hall–Kier alpha value is -4.76. The summed E-state index contributed by atoms with van der Waals surface area (Å²) < 4.78 is 2.26. The first-order valence-corrected chi connectivity index (χ1v) is 12.0. The number of carbonyl (C=O) groups excluding carboxylic acids is 1. The van der Waals surface area contributed by atoms with Crippen LogP contribution in [0.3, 0.4) is 0 Å². The van der Waals surface area contributed by atoms with Crippen molar-refractivity contribution < 1.29 is 4.79 Å². The Labute approximate surface area is 210 Å². The molecule has 0 amide bonds. The molecular formula is C33H24N2O. The molecule has 0 saturated heterocycles. The van der Waals surface area contributed by atoms with Crippen LogP contribution in [0.5, 0.6) is 0 Å². The smallest absolute Gasteiger partial charge is 0.150 e. The predicted octanol–water partition coefficient (Wildman–Crippen LogP) is 7.81. The first-order valence-electron chi connectivity index (χ1n) is 12.0. The minimum atomic E-state index is -0.0299. The van der Waals surface area contributed by atoms with Crippen LogP contribution in [0.4, 0.5) is 0 Å². The first-order chi connectivity index (χ1) is 17.8. The number of rotatable bonds is 6. The van der Waals surface area contributed by atoms with Crippen molar-refractivity contribution in [3.8, 4) is 0 Å². The SMILES string of the molecule is O=Cc1ccc2ccn(C(c3ccccc3)c3cccc(/C=C/c4ccc5ccccc5n4)c3)c2c1. The summed E-state index contributed by atoms with van der Waals surface area (Å²) in [4.78, 5) is 16.2. The van der Waals surface area contributed by atoms with E-state index < -0.39 is 0 Å². The summed E-state index contributed by atoms with van der Waals surface area (Å²) in [5, 5.41) is 2.25. The number of pyridine rings is 1. The highest BCUT2D eigenvalue weighted by Gasteiger charge is 2.18. The van der Waals surface area contributed by atoms with E-state index >= 15 is 0 Å². The Morgan fingerprint density at radius 2 is 1.44 bits per heavy atom. The van der Waals surface area contributed by atoms with E-state index in [1.807, 2.05) is 48.5 Å². The molecule has 0 aliphatic heterocycles. The van der Waals surface area contributed by atoms with Crippen molar-refractivity contribution in [2.75, 3.05) is 0 Å². The van der Waals surface area contributed by atoms with Gasteiger partial charge in [0.15, 0.2) is 0 Å². The van der Waals surface area contributed by atoms with Crippen LogP contribution in [0.15, 0.2) is 121 Å². The number of aldehydes is 1. The molecule has 0 aliphatic carbocycles. The van der Waals surface area contributed by atoms with Crippen molar-refractivity contribution in [1.29, 1.82) is 0 Å². The Bertz CT molecular complexity index is 1710. The van der Waals surface area contributed by atoms with Crippen LogP contribution in [0, 0.1) is 0 Å². The minimum absolute atomic E-state index is 0.0299. The number of nitrogens with zero attached hydrogens (tertiary/aromatic N) is 2. The fraction of sp³-hybridized carbons (Fsp3) is 0.0303. The normalized spacial score (nSPS) is 12.3. The van der Waals surface area contributed by atoms with Crippen LogP contribution in [0.25, 0.3) is 34.0 Å². The third kappa shape index (κ3) is 4.23. The van der Waals surface area contributed by atoms with Gasteiger partial charge in [-0.25, -0.2) is 4.98 Å². The van der Waals surface area contributed by atoms with Gasteiger partial charge >= 0.3 is 0 Å². The summed E-state index contributed by atoms with van der Waals surface area (Å²) in [5.74, 6) is 0. The van der Waals surface area contributed by atoms with Crippen molar-refractivity contribution >= 4 is 40.2 Å². The molecule has 0 radical (unpaired) electrons. The molecule has 0 bridgehead atoms. The predicted molar refractivity (Wildman–Crippen MR) is 148 cm³/mol. The van der Waals surface area contributed by atoms with E-state index in [4.69, 9.17) is 4.98 Å². The quantitative estimate of drug-likeness (QED) is 0.236. The van der Waals surface area contributed by atoms with Gasteiger partial charge in [0, 0.05) is 22.7 Å². The van der Waals surface area contributed by atoms with Crippen molar-refractivity contribution in [3.05, 3.63) is 149 Å². The molecule has 172 valence electrons. The van der Waals surface area contributed by atoms with Gasteiger partial charge in [0.2, 0.25) is 0 Å². The van der Waals surface area contributed by atoms with E-state index in [9.17, 15) is 4.79 Å². The molecule has 4 aromatic carbocycles. The Morgan fingerprint density at radius 1 is 0.639 bits per heavy atom. The van der Waals surface area contributed by atoms with Crippen molar-refractivity contribution in [1.82, 2.24) is 9.55 Å². The molecule has 2 heterocycles. The molecule has 2 aromatic heterocycles. The number of fused-ring (bicyclic) bond motifs is 2. The van der Waals surface area contributed by atoms with Crippen molar-refractivity contribution in [2.45, 2.75) is 6.04 Å². The van der Waals surface area contributed by atoms with E-state index in [1.54, 1.807) is 0 Å². The average Bonchev–Trinajstić information content (AvgIpc) is 3.35. The molecule has 1 atom stereocenters. The lowest BCUT2D eigenvalue weighted by atomic mass is 9.96. The van der Waals surface area contributed by atoms with E-state index in [2.05, 4.69) is 89.6 Å². The zero-order valence-corrected chi connectivity index (χ0v) is 19.7. The Morgan fingerprint density at radius 3 is 2.33 bits per heavy atom. The van der Waals surface area contributed by atoms with Gasteiger partial charge in [-0.3, -0.25) is 4.79 Å². The molecule has 36 heavy (non-hydrogen) atoms. The third-order valence-electron chi connectivity index (χ3n) is 6.57. The number of carbonyl (C=O) groups is 1. The molecule has 0 aliphatic rings. The maximum atomic E-state index is 11.5. The molecule has 0 saturated carbocycles. The van der Waals surface area contributed by atoms with E-state index in [-0.39, 0.29) is 6.04 Å². The lowest BCUT2D eigenvalue weighted by Crippen LogP contribution is -2.11. The monoisotopic (exact) mass is 464 g/mol. The first kappa shape index (κ1) is 21.8. The lowest BCUT2D eigenvalue weighted by molar-refractivity contribution is 0.112. The second kappa shape index (κ2) is 9.47. The summed E-state index contributed by atoms with van der Waals surface area (Å²) in [6, 6.07) is 39.3. The molecule has 0 fully saturated rings. The zero-order chi connectivity index (χ0) is 24.3. The van der Waals surface area contributed by atoms with Gasteiger partial charge < -0.3 is 4.57 Å². The molecule has 6 rings (SSSR count). The largest absolute Gasteiger partial charge is 0.336 e. The molecule has 0 spiro atoms. The number of para-hydroxylation sites is 1. The van der Waals surface area contributed by atoms with Gasteiger partial charge in [-0.1, -0.05) is 91.0 Å². The summed E-state index contributed by atoms with van der Waals surface area (Å²) in [7, 11) is 0. The molecule has 3 nitrogen and oxygen atoms in total. The van der Waals surface area contributed by atoms with Crippen LogP contribution in [0.2, 0.25) is 0 Å². The lowest BCUT2D eigenvalue weighted by Gasteiger charge is -2.22. The minimum Gasteiger partial charge on any atom is -0.336 e.